The van der Waals surface area contributed by atoms with Gasteiger partial charge in [-0.2, -0.15) is 0 Å². The summed E-state index contributed by atoms with van der Waals surface area (Å²) in [4.78, 5) is 2.20. The molecule has 1 aliphatic heterocycles. The number of rotatable bonds is 5. The van der Waals surface area contributed by atoms with Gasteiger partial charge in [0.15, 0.2) is 0 Å². The Kier molecular flexibility index (Phi) is 8.43. The van der Waals surface area contributed by atoms with E-state index in [0.29, 0.717) is 11.8 Å². The number of nitrogens with zero attached hydrogens (tertiary/aromatic N) is 2. The number of likely N-dealkylation sites (N-methyl/N-ethyl adjacent to an activating group) is 1. The molecule has 0 bridgehead atoms. The van der Waals surface area contributed by atoms with Crippen LogP contribution in [0.5, 0.6) is 5.75 Å². The molecule has 1 aromatic heterocycles. The summed E-state index contributed by atoms with van der Waals surface area (Å²) >= 11 is 0. The van der Waals surface area contributed by atoms with E-state index in [4.69, 9.17) is 5.73 Å². The molecule has 1 saturated heterocycles. The maximum Gasteiger partial charge on any atom is 0.120 e. The summed E-state index contributed by atoms with van der Waals surface area (Å²) in [5.41, 5.74) is 12.3. The number of aryl methyl sites for hydroxylation is 1. The topological polar surface area (TPSA) is 64.2 Å². The molecule has 32 heavy (non-hydrogen) atoms. The van der Waals surface area contributed by atoms with E-state index in [1.165, 1.54) is 30.2 Å². The molecule has 1 saturated carbocycles. The molecule has 2 aliphatic rings. The molecule has 1 atom stereocenters. The average molecular weight is 603 g/mol. The van der Waals surface area contributed by atoms with Gasteiger partial charge in [-0.25, -0.2) is 0 Å². The van der Waals surface area contributed by atoms with Crippen LogP contribution in [0.3, 0.4) is 0 Å². The van der Waals surface area contributed by atoms with E-state index < -0.39 is 0 Å². The van der Waals surface area contributed by atoms with E-state index in [1.54, 1.807) is 0 Å². The Morgan fingerprint density at radius 3 is 2.50 bits per heavy atom. The van der Waals surface area contributed by atoms with E-state index >= 15 is 0 Å². The molecule has 2 aromatic carbocycles. The van der Waals surface area contributed by atoms with Crippen molar-refractivity contribution in [3.05, 3.63) is 65.5 Å². The summed E-state index contributed by atoms with van der Waals surface area (Å²) in [6, 6.07) is 14.8. The molecule has 172 valence electrons. The summed E-state index contributed by atoms with van der Waals surface area (Å²) in [6.07, 6.45) is 6.36. The largest absolute Gasteiger partial charge is 0.671 e. The predicted octanol–water partition coefficient (Wildman–Crippen LogP) is 5.66. The summed E-state index contributed by atoms with van der Waals surface area (Å²) in [5.74, 6) is 1.25. The van der Waals surface area contributed by atoms with Crippen LogP contribution in [0, 0.1) is 12.8 Å². The van der Waals surface area contributed by atoms with E-state index in [9.17, 15) is 5.11 Å². The Morgan fingerprint density at radius 1 is 1.19 bits per heavy atom. The first-order valence-corrected chi connectivity index (χ1v) is 11.5. The number of hydrogen-bond donors (Lipinski definition) is 2. The number of nitrogens with one attached hydrogen (secondary N) is 2. The second-order valence-corrected chi connectivity index (χ2v) is 9.16. The first-order chi connectivity index (χ1) is 14.9. The number of phenols is 1. The van der Waals surface area contributed by atoms with Crippen molar-refractivity contribution in [1.82, 2.24) is 9.88 Å². The minimum absolute atomic E-state index is 0. The van der Waals surface area contributed by atoms with Crippen molar-refractivity contribution >= 4 is 16.6 Å². The van der Waals surface area contributed by atoms with E-state index in [2.05, 4.69) is 52.3 Å². The maximum atomic E-state index is 9.58. The maximum absolute atomic E-state index is 9.58. The minimum atomic E-state index is -0.141. The second kappa shape index (κ2) is 10.9. The Labute approximate surface area is 206 Å². The van der Waals surface area contributed by atoms with Gasteiger partial charge in [0.05, 0.1) is 6.04 Å². The summed E-state index contributed by atoms with van der Waals surface area (Å²) < 4.78 is 2.37. The van der Waals surface area contributed by atoms with Crippen LogP contribution in [0.4, 0.5) is 5.69 Å². The third-order valence-electron chi connectivity index (χ3n) is 6.90. The monoisotopic (exact) mass is 603 g/mol. The summed E-state index contributed by atoms with van der Waals surface area (Å²) in [6.45, 7) is 7.07. The summed E-state index contributed by atoms with van der Waals surface area (Å²) in [7, 11) is 2.07. The van der Waals surface area contributed by atoms with Crippen molar-refractivity contribution in [2.24, 2.45) is 5.92 Å². The van der Waals surface area contributed by atoms with Gasteiger partial charge in [-0.05, 0) is 49.4 Å². The van der Waals surface area contributed by atoms with Crippen LogP contribution in [0.25, 0.3) is 16.6 Å². The van der Waals surface area contributed by atoms with Crippen LogP contribution in [0.1, 0.15) is 43.4 Å². The summed E-state index contributed by atoms with van der Waals surface area (Å²) in [5, 5.41) is 14.1. The zero-order chi connectivity index (χ0) is 22.0. The van der Waals surface area contributed by atoms with E-state index in [0.717, 1.165) is 42.4 Å². The number of aromatic nitrogens is 1. The molecule has 2 fully saturated rings. The van der Waals surface area contributed by atoms with Crippen molar-refractivity contribution < 1.29 is 26.2 Å². The predicted molar refractivity (Wildman–Crippen MR) is 130 cm³/mol. The molecule has 3 aromatic rings. The van der Waals surface area contributed by atoms with Gasteiger partial charge >= 0.3 is 0 Å². The van der Waals surface area contributed by atoms with Crippen molar-refractivity contribution in [3.8, 4) is 5.75 Å². The van der Waals surface area contributed by atoms with Gasteiger partial charge in [-0.15, -0.1) is 6.04 Å². The van der Waals surface area contributed by atoms with Crippen LogP contribution < -0.4 is 10.2 Å². The fraction of sp³-hybridized carbons (Fsp3) is 0.462. The fourth-order valence-corrected chi connectivity index (χ4v) is 4.31. The zero-order valence-corrected chi connectivity index (χ0v) is 22.3. The molecule has 0 spiro atoms. The van der Waals surface area contributed by atoms with Crippen LogP contribution >= 0.6 is 0 Å². The van der Waals surface area contributed by atoms with Gasteiger partial charge in [0, 0.05) is 76.6 Å². The molecule has 5 nitrogen and oxygen atoms in total. The van der Waals surface area contributed by atoms with Crippen molar-refractivity contribution in [1.29, 1.82) is 0 Å². The number of anilines is 1. The van der Waals surface area contributed by atoms with Gasteiger partial charge < -0.3 is 25.6 Å². The quantitative estimate of drug-likeness (QED) is 0.396. The Morgan fingerprint density at radius 2 is 1.94 bits per heavy atom. The van der Waals surface area contributed by atoms with Crippen molar-refractivity contribution in [3.63, 3.8) is 0 Å². The molecule has 5 rings (SSSR count). The third-order valence-corrected chi connectivity index (χ3v) is 6.90. The molecule has 6 heteroatoms. The van der Waals surface area contributed by atoms with Crippen molar-refractivity contribution in [2.75, 3.05) is 25.0 Å². The van der Waals surface area contributed by atoms with Crippen molar-refractivity contribution in [2.45, 2.75) is 51.7 Å². The molecule has 1 aliphatic carbocycles. The van der Waals surface area contributed by atoms with E-state index in [1.807, 2.05) is 32.0 Å². The van der Waals surface area contributed by atoms with E-state index in [-0.39, 0.29) is 27.1 Å². The molecule has 0 amide bonds. The Bertz CT molecular complexity index is 1020. The number of fused-ring (bicyclic) bond motifs is 1. The molecule has 2 heterocycles. The third kappa shape index (κ3) is 5.39. The van der Waals surface area contributed by atoms with Crippen LogP contribution in [-0.4, -0.2) is 35.9 Å². The molecule has 3 N–H and O–H groups in total. The Balaban J connectivity index is 0.000000178. The van der Waals surface area contributed by atoms with Crippen LogP contribution in [0.15, 0.2) is 48.7 Å². The second-order valence-electron chi connectivity index (χ2n) is 9.16. The smallest absolute Gasteiger partial charge is 0.120 e. The number of aromatic hydroxyl groups is 1. The molecule has 1 unspecified atom stereocenters. The van der Waals surface area contributed by atoms with Gasteiger partial charge in [-0.3, -0.25) is 0 Å². The normalized spacial score (nSPS) is 16.9. The first kappa shape index (κ1) is 24.8. The van der Waals surface area contributed by atoms with Gasteiger partial charge in [0.1, 0.15) is 5.75 Å². The standard InChI is InChI=1S/C15H19N2.C11H16N2O.W/c1-11(16)13-6-3-7-15-14(13)8-9-17(15)10-12-4-2-5-12;1-8-3-4-9(5-11(8)14)13(2)10-6-12-7-10;/h3,6-9,11-12,16H,2,4-5,10H2,1H3;3-5,10,12,14H,6-7H2,1-2H3;/q-1;;. The number of benzene rings is 2. The number of hydrogen-bond acceptors (Lipinski definition) is 3. The molecular formula is C26H35N4OW-. The fourth-order valence-electron chi connectivity index (χ4n) is 4.31. The number of phenolic OH excluding ortho intramolecular Hbond substituents is 1. The van der Waals surface area contributed by atoms with Gasteiger partial charge in [0.25, 0.3) is 0 Å². The van der Waals surface area contributed by atoms with Gasteiger partial charge in [-0.1, -0.05) is 37.1 Å². The zero-order valence-electron chi connectivity index (χ0n) is 19.3. The first-order valence-electron chi connectivity index (χ1n) is 11.5. The molecular weight excluding hydrogens is 568 g/mol. The minimum Gasteiger partial charge on any atom is -0.671 e. The van der Waals surface area contributed by atoms with Crippen LogP contribution in [-0.2, 0) is 27.6 Å². The van der Waals surface area contributed by atoms with Crippen LogP contribution in [0.2, 0.25) is 0 Å². The SMILES string of the molecule is CC([NH-])c1cccc2c1ccn2CC1CCC1.Cc1ccc(N(C)C2CNC2)cc1O.[W]. The Hall–Kier alpha value is -1.81. The average Bonchev–Trinajstić information content (AvgIpc) is 3.09. The van der Waals surface area contributed by atoms with Gasteiger partial charge in [0.2, 0.25) is 0 Å². The molecule has 0 radical (unpaired) electrons.